The normalized spacial score (nSPS) is 12.8. The van der Waals surface area contributed by atoms with E-state index < -0.39 is 20.9 Å². The van der Waals surface area contributed by atoms with Crippen LogP contribution in [0, 0.1) is 10.1 Å². The number of rotatable bonds is 6. The van der Waals surface area contributed by atoms with Crippen molar-refractivity contribution in [2.75, 3.05) is 7.05 Å². The van der Waals surface area contributed by atoms with Gasteiger partial charge in [-0.1, -0.05) is 11.3 Å². The van der Waals surface area contributed by atoms with Gasteiger partial charge in [0, 0.05) is 37.3 Å². The van der Waals surface area contributed by atoms with E-state index in [4.69, 9.17) is 0 Å². The summed E-state index contributed by atoms with van der Waals surface area (Å²) in [6.45, 7) is 5.89. The first kappa shape index (κ1) is 22.8. The second-order valence-electron chi connectivity index (χ2n) is 7.09. The Balaban J connectivity index is 1.99. The van der Waals surface area contributed by atoms with Crippen LogP contribution in [0.15, 0.2) is 52.4 Å². The van der Waals surface area contributed by atoms with Crippen LogP contribution >= 0.6 is 11.3 Å². The molecule has 0 N–H and O–H groups in total. The molecule has 0 aliphatic carbocycles. The highest BCUT2D eigenvalue weighted by Crippen LogP contribution is 2.23. The van der Waals surface area contributed by atoms with Crippen LogP contribution in [0.2, 0.25) is 0 Å². The first-order valence-corrected chi connectivity index (χ1v) is 11.8. The Morgan fingerprint density at radius 1 is 1.23 bits per heavy atom. The minimum Gasteiger partial charge on any atom is -0.316 e. The number of aromatic nitrogens is 1. The molecule has 0 saturated carbocycles. The molecule has 0 atom stereocenters. The molecule has 1 aromatic heterocycles. The van der Waals surface area contributed by atoms with Crippen molar-refractivity contribution in [3.8, 4) is 0 Å². The molecule has 1 amide bonds. The fourth-order valence-electron chi connectivity index (χ4n) is 2.93. The number of carbonyl (C=O) groups excluding carboxylic acids is 1. The minimum absolute atomic E-state index is 0.0338. The number of sulfonamides is 1. The van der Waals surface area contributed by atoms with Crippen LogP contribution in [-0.4, -0.2) is 41.2 Å². The van der Waals surface area contributed by atoms with Gasteiger partial charge in [0.1, 0.15) is 0 Å². The smallest absolute Gasteiger partial charge is 0.279 e. The van der Waals surface area contributed by atoms with Gasteiger partial charge >= 0.3 is 0 Å². The molecule has 31 heavy (non-hydrogen) atoms. The Morgan fingerprint density at radius 2 is 1.87 bits per heavy atom. The van der Waals surface area contributed by atoms with E-state index in [2.05, 4.69) is 4.99 Å². The number of nitro groups is 1. The number of benzene rings is 2. The summed E-state index contributed by atoms with van der Waals surface area (Å²) in [6.07, 6.45) is 0. The predicted octanol–water partition coefficient (Wildman–Crippen LogP) is 3.40. The standard InChI is InChI=1S/C20H22N4O5S2/c1-5-23-17-12-15(24(26)27)8-11-18(17)30-20(23)21-19(25)14-6-9-16(10-7-14)31(28,29)22(4)13(2)3/h6-13H,5H2,1-4H3. The topological polar surface area (TPSA) is 115 Å². The zero-order valence-electron chi connectivity index (χ0n) is 17.5. The number of carbonyl (C=O) groups is 1. The van der Waals surface area contributed by atoms with Crippen molar-refractivity contribution in [2.45, 2.75) is 38.3 Å². The van der Waals surface area contributed by atoms with E-state index in [-0.39, 0.29) is 22.2 Å². The first-order chi connectivity index (χ1) is 14.6. The number of hydrogen-bond donors (Lipinski definition) is 0. The number of amides is 1. The van der Waals surface area contributed by atoms with Crippen LogP contribution in [0.1, 0.15) is 31.1 Å². The number of nitrogens with zero attached hydrogens (tertiary/aromatic N) is 4. The second-order valence-corrected chi connectivity index (χ2v) is 10.1. The molecule has 0 spiro atoms. The van der Waals surface area contributed by atoms with Gasteiger partial charge in [0.15, 0.2) is 4.80 Å². The van der Waals surface area contributed by atoms with E-state index in [0.29, 0.717) is 16.9 Å². The average Bonchev–Trinajstić information content (AvgIpc) is 3.08. The van der Waals surface area contributed by atoms with Crippen molar-refractivity contribution in [3.05, 3.63) is 62.9 Å². The zero-order valence-corrected chi connectivity index (χ0v) is 19.1. The van der Waals surface area contributed by atoms with E-state index >= 15 is 0 Å². The van der Waals surface area contributed by atoms with Crippen molar-refractivity contribution in [3.63, 3.8) is 0 Å². The summed E-state index contributed by atoms with van der Waals surface area (Å²) in [5.74, 6) is -0.524. The fraction of sp³-hybridized carbons (Fsp3) is 0.300. The van der Waals surface area contributed by atoms with Crippen molar-refractivity contribution in [1.29, 1.82) is 0 Å². The minimum atomic E-state index is -3.64. The summed E-state index contributed by atoms with van der Waals surface area (Å²) >= 11 is 1.26. The van der Waals surface area contributed by atoms with Gasteiger partial charge in [-0.25, -0.2) is 8.42 Å². The zero-order chi connectivity index (χ0) is 22.9. The summed E-state index contributed by atoms with van der Waals surface area (Å²) in [4.78, 5) is 28.0. The van der Waals surface area contributed by atoms with Gasteiger partial charge in [-0.2, -0.15) is 9.30 Å². The van der Waals surface area contributed by atoms with Crippen LogP contribution in [0.5, 0.6) is 0 Å². The Morgan fingerprint density at radius 3 is 2.42 bits per heavy atom. The molecule has 0 aliphatic heterocycles. The molecular weight excluding hydrogens is 440 g/mol. The Labute approximate surface area is 183 Å². The van der Waals surface area contributed by atoms with Gasteiger partial charge in [0.2, 0.25) is 10.0 Å². The molecule has 164 valence electrons. The third-order valence-electron chi connectivity index (χ3n) is 4.90. The number of aryl methyl sites for hydroxylation is 1. The first-order valence-electron chi connectivity index (χ1n) is 9.51. The second kappa shape index (κ2) is 8.69. The van der Waals surface area contributed by atoms with Crippen LogP contribution < -0.4 is 4.80 Å². The van der Waals surface area contributed by atoms with Gasteiger partial charge in [-0.05, 0) is 51.1 Å². The fourth-order valence-corrected chi connectivity index (χ4v) is 5.37. The highest BCUT2D eigenvalue weighted by atomic mass is 32.2. The van der Waals surface area contributed by atoms with E-state index in [1.54, 1.807) is 24.5 Å². The van der Waals surface area contributed by atoms with Gasteiger partial charge < -0.3 is 4.57 Å². The number of non-ortho nitro benzene ring substituents is 1. The highest BCUT2D eigenvalue weighted by Gasteiger charge is 2.23. The lowest BCUT2D eigenvalue weighted by Crippen LogP contribution is -2.33. The van der Waals surface area contributed by atoms with E-state index in [9.17, 15) is 23.3 Å². The van der Waals surface area contributed by atoms with Gasteiger partial charge in [-0.15, -0.1) is 0 Å². The van der Waals surface area contributed by atoms with E-state index in [1.165, 1.54) is 59.1 Å². The third kappa shape index (κ3) is 4.43. The van der Waals surface area contributed by atoms with Gasteiger partial charge in [0.25, 0.3) is 11.6 Å². The van der Waals surface area contributed by atoms with E-state index in [1.807, 2.05) is 6.92 Å². The average molecular weight is 463 g/mol. The molecule has 2 aromatic carbocycles. The molecule has 1 heterocycles. The van der Waals surface area contributed by atoms with Crippen LogP contribution in [-0.2, 0) is 16.6 Å². The SMILES string of the molecule is CCn1c(=NC(=O)c2ccc(S(=O)(=O)N(C)C(C)C)cc2)sc2ccc([N+](=O)[O-])cc21. The molecule has 0 aliphatic rings. The lowest BCUT2D eigenvalue weighted by atomic mass is 10.2. The highest BCUT2D eigenvalue weighted by molar-refractivity contribution is 7.89. The van der Waals surface area contributed by atoms with Crippen molar-refractivity contribution in [1.82, 2.24) is 8.87 Å². The Bertz CT molecular complexity index is 1320. The van der Waals surface area contributed by atoms with Crippen molar-refractivity contribution in [2.24, 2.45) is 4.99 Å². The van der Waals surface area contributed by atoms with Gasteiger partial charge in [0.05, 0.1) is 20.0 Å². The maximum Gasteiger partial charge on any atom is 0.279 e. The molecular formula is C20H22N4O5S2. The maximum atomic E-state index is 12.7. The van der Waals surface area contributed by atoms with E-state index in [0.717, 1.165) is 4.70 Å². The third-order valence-corrected chi connectivity index (χ3v) is 8.00. The molecule has 9 nitrogen and oxygen atoms in total. The largest absolute Gasteiger partial charge is 0.316 e. The monoisotopic (exact) mass is 462 g/mol. The predicted molar refractivity (Wildman–Crippen MR) is 119 cm³/mol. The molecule has 0 unspecified atom stereocenters. The summed E-state index contributed by atoms with van der Waals surface area (Å²) in [5.41, 5.74) is 0.845. The Hall–Kier alpha value is -2.89. The number of thiazole rings is 1. The number of hydrogen-bond acceptors (Lipinski definition) is 6. The summed E-state index contributed by atoms with van der Waals surface area (Å²) in [5, 5.41) is 11.1. The quantitative estimate of drug-likeness (QED) is 0.411. The molecule has 11 heteroatoms. The summed E-state index contributed by atoms with van der Waals surface area (Å²) < 4.78 is 28.9. The van der Waals surface area contributed by atoms with Crippen molar-refractivity contribution >= 4 is 43.2 Å². The van der Waals surface area contributed by atoms with Crippen molar-refractivity contribution < 1.29 is 18.1 Å². The molecule has 3 aromatic rings. The molecule has 3 rings (SSSR count). The molecule has 0 radical (unpaired) electrons. The maximum absolute atomic E-state index is 12.7. The number of fused-ring (bicyclic) bond motifs is 1. The Kier molecular flexibility index (Phi) is 6.39. The van der Waals surface area contributed by atoms with Crippen LogP contribution in [0.3, 0.4) is 0 Å². The van der Waals surface area contributed by atoms with Crippen LogP contribution in [0.25, 0.3) is 10.2 Å². The van der Waals surface area contributed by atoms with Crippen LogP contribution in [0.4, 0.5) is 5.69 Å². The summed E-state index contributed by atoms with van der Waals surface area (Å²) in [6, 6.07) is 9.95. The summed E-state index contributed by atoms with van der Waals surface area (Å²) in [7, 11) is -2.14. The van der Waals surface area contributed by atoms with Gasteiger partial charge in [-0.3, -0.25) is 14.9 Å². The lowest BCUT2D eigenvalue weighted by Gasteiger charge is -2.20. The lowest BCUT2D eigenvalue weighted by molar-refractivity contribution is -0.384. The molecule has 0 fully saturated rings. The molecule has 0 bridgehead atoms. The number of nitro benzene ring substituents is 1. The molecule has 0 saturated heterocycles.